The largest absolute Gasteiger partial charge is 0.401 e. The smallest absolute Gasteiger partial charge is 0.185 e. The molecule has 0 bridgehead atoms. The lowest BCUT2D eigenvalue weighted by molar-refractivity contribution is 0.344. The lowest BCUT2D eigenvalue weighted by atomic mass is 9.72. The standard InChI is InChI=1S/C15H20N6/c1-12(16)11-21-19-14(18-20-21)15(7-9-17-10-8-15)13-5-3-2-4-6-13/h2-6,17H,1,7-11,16H2. The van der Waals surface area contributed by atoms with E-state index in [-0.39, 0.29) is 5.41 Å². The molecule has 0 amide bonds. The molecule has 6 heteroatoms. The number of nitrogens with two attached hydrogens (primary N) is 1. The molecule has 1 saturated heterocycles. The van der Waals surface area contributed by atoms with Crippen LogP contribution in [0.5, 0.6) is 0 Å². The Morgan fingerprint density at radius 1 is 1.29 bits per heavy atom. The van der Waals surface area contributed by atoms with E-state index < -0.39 is 0 Å². The molecule has 2 heterocycles. The first-order chi connectivity index (χ1) is 10.2. The number of hydrogen-bond acceptors (Lipinski definition) is 5. The second-order valence-electron chi connectivity index (χ2n) is 5.50. The van der Waals surface area contributed by atoms with E-state index in [0.29, 0.717) is 12.2 Å². The van der Waals surface area contributed by atoms with Gasteiger partial charge in [-0.25, -0.2) is 0 Å². The Kier molecular flexibility index (Phi) is 3.70. The number of nitrogens with zero attached hydrogens (tertiary/aromatic N) is 4. The third-order valence-electron chi connectivity index (χ3n) is 4.01. The van der Waals surface area contributed by atoms with Gasteiger partial charge in [-0.2, -0.15) is 4.80 Å². The monoisotopic (exact) mass is 284 g/mol. The Hall–Kier alpha value is -2.21. The minimum Gasteiger partial charge on any atom is -0.401 e. The van der Waals surface area contributed by atoms with Crippen LogP contribution in [0.3, 0.4) is 0 Å². The molecular weight excluding hydrogens is 264 g/mol. The number of allylic oxidation sites excluding steroid dienone is 1. The molecule has 0 aliphatic carbocycles. The summed E-state index contributed by atoms with van der Waals surface area (Å²) >= 11 is 0. The Bertz CT molecular complexity index is 612. The van der Waals surface area contributed by atoms with E-state index >= 15 is 0 Å². The third kappa shape index (κ3) is 2.67. The predicted octanol–water partition coefficient (Wildman–Crippen LogP) is 0.815. The van der Waals surface area contributed by atoms with Gasteiger partial charge in [-0.05, 0) is 36.7 Å². The number of nitrogens with one attached hydrogen (secondary N) is 1. The number of hydrogen-bond donors (Lipinski definition) is 2. The van der Waals surface area contributed by atoms with Crippen LogP contribution < -0.4 is 11.1 Å². The normalized spacial score (nSPS) is 17.5. The molecule has 1 fully saturated rings. The Balaban J connectivity index is 1.99. The molecule has 2 aromatic rings. The molecular formula is C15H20N6. The van der Waals surface area contributed by atoms with E-state index in [2.05, 4.69) is 51.6 Å². The van der Waals surface area contributed by atoms with Crippen LogP contribution in [0.2, 0.25) is 0 Å². The highest BCUT2D eigenvalue weighted by atomic mass is 15.6. The van der Waals surface area contributed by atoms with E-state index in [0.717, 1.165) is 31.8 Å². The Morgan fingerprint density at radius 2 is 2.00 bits per heavy atom. The zero-order chi connectivity index (χ0) is 14.7. The van der Waals surface area contributed by atoms with Crippen molar-refractivity contribution in [2.45, 2.75) is 24.8 Å². The van der Waals surface area contributed by atoms with Gasteiger partial charge in [0.05, 0.1) is 5.41 Å². The van der Waals surface area contributed by atoms with Gasteiger partial charge in [-0.3, -0.25) is 0 Å². The van der Waals surface area contributed by atoms with Crippen molar-refractivity contribution in [2.75, 3.05) is 13.1 Å². The second-order valence-corrected chi connectivity index (χ2v) is 5.50. The molecule has 3 rings (SSSR count). The van der Waals surface area contributed by atoms with Gasteiger partial charge in [-0.1, -0.05) is 36.9 Å². The summed E-state index contributed by atoms with van der Waals surface area (Å²) in [7, 11) is 0. The Labute approximate surface area is 124 Å². The highest BCUT2D eigenvalue weighted by Crippen LogP contribution is 2.37. The summed E-state index contributed by atoms with van der Waals surface area (Å²) in [4.78, 5) is 1.52. The first-order valence-electron chi connectivity index (χ1n) is 7.18. The lowest BCUT2D eigenvalue weighted by Crippen LogP contribution is -2.41. The van der Waals surface area contributed by atoms with Crippen LogP contribution in [0.25, 0.3) is 0 Å². The van der Waals surface area contributed by atoms with Crippen LogP contribution in [-0.2, 0) is 12.0 Å². The van der Waals surface area contributed by atoms with Gasteiger partial charge in [0.2, 0.25) is 0 Å². The van der Waals surface area contributed by atoms with Crippen molar-refractivity contribution in [2.24, 2.45) is 5.73 Å². The maximum atomic E-state index is 5.62. The minimum absolute atomic E-state index is 0.166. The molecule has 0 radical (unpaired) electrons. The first kappa shape index (κ1) is 13.8. The number of benzene rings is 1. The lowest BCUT2D eigenvalue weighted by Gasteiger charge is -2.35. The zero-order valence-corrected chi connectivity index (χ0v) is 12.0. The van der Waals surface area contributed by atoms with E-state index in [1.165, 1.54) is 10.4 Å². The summed E-state index contributed by atoms with van der Waals surface area (Å²) in [6, 6.07) is 10.4. The fourth-order valence-electron chi connectivity index (χ4n) is 2.94. The molecule has 1 aromatic carbocycles. The predicted molar refractivity (Wildman–Crippen MR) is 80.5 cm³/mol. The van der Waals surface area contributed by atoms with Gasteiger partial charge in [0, 0.05) is 5.70 Å². The van der Waals surface area contributed by atoms with Gasteiger partial charge >= 0.3 is 0 Å². The third-order valence-corrected chi connectivity index (χ3v) is 4.01. The number of piperidine rings is 1. The molecule has 6 nitrogen and oxygen atoms in total. The van der Waals surface area contributed by atoms with Crippen LogP contribution in [0, 0.1) is 0 Å². The van der Waals surface area contributed by atoms with Crippen molar-refractivity contribution in [1.29, 1.82) is 0 Å². The minimum atomic E-state index is -0.166. The second kappa shape index (κ2) is 5.65. The topological polar surface area (TPSA) is 81.7 Å². The van der Waals surface area contributed by atoms with Crippen molar-refractivity contribution in [3.8, 4) is 0 Å². The summed E-state index contributed by atoms with van der Waals surface area (Å²) < 4.78 is 0. The molecule has 1 aliphatic heterocycles. The highest BCUT2D eigenvalue weighted by molar-refractivity contribution is 5.33. The number of rotatable bonds is 4. The van der Waals surface area contributed by atoms with Crippen LogP contribution >= 0.6 is 0 Å². The van der Waals surface area contributed by atoms with Crippen molar-refractivity contribution in [3.05, 3.63) is 54.0 Å². The molecule has 0 unspecified atom stereocenters. The molecule has 21 heavy (non-hydrogen) atoms. The molecule has 3 N–H and O–H groups in total. The summed E-state index contributed by atoms with van der Waals surface area (Å²) in [5.74, 6) is 0.774. The van der Waals surface area contributed by atoms with Crippen molar-refractivity contribution < 1.29 is 0 Å². The van der Waals surface area contributed by atoms with Gasteiger partial charge in [-0.15, -0.1) is 10.2 Å². The first-order valence-corrected chi connectivity index (χ1v) is 7.18. The van der Waals surface area contributed by atoms with E-state index in [1.807, 2.05) is 6.07 Å². The quantitative estimate of drug-likeness (QED) is 0.868. The highest BCUT2D eigenvalue weighted by Gasteiger charge is 2.39. The van der Waals surface area contributed by atoms with Crippen molar-refractivity contribution in [3.63, 3.8) is 0 Å². The molecule has 1 aromatic heterocycles. The molecule has 1 aliphatic rings. The fourth-order valence-corrected chi connectivity index (χ4v) is 2.94. The Morgan fingerprint density at radius 3 is 2.67 bits per heavy atom. The molecule has 110 valence electrons. The van der Waals surface area contributed by atoms with E-state index in [9.17, 15) is 0 Å². The number of aromatic nitrogens is 4. The number of tetrazole rings is 1. The van der Waals surface area contributed by atoms with Crippen molar-refractivity contribution >= 4 is 0 Å². The van der Waals surface area contributed by atoms with Gasteiger partial charge in [0.25, 0.3) is 0 Å². The fraction of sp³-hybridized carbons (Fsp3) is 0.400. The summed E-state index contributed by atoms with van der Waals surface area (Å²) in [6.07, 6.45) is 1.93. The average Bonchev–Trinajstić information content (AvgIpc) is 2.97. The van der Waals surface area contributed by atoms with Crippen LogP contribution in [0.15, 0.2) is 42.6 Å². The SMILES string of the molecule is C=C(N)Cn1nnc(C2(c3ccccc3)CCNCC2)n1. The summed E-state index contributed by atoms with van der Waals surface area (Å²) in [5.41, 5.74) is 7.23. The van der Waals surface area contributed by atoms with E-state index in [1.54, 1.807) is 0 Å². The average molecular weight is 284 g/mol. The van der Waals surface area contributed by atoms with Gasteiger partial charge < -0.3 is 11.1 Å². The van der Waals surface area contributed by atoms with Crippen LogP contribution in [0.1, 0.15) is 24.2 Å². The van der Waals surface area contributed by atoms with Crippen LogP contribution in [0.4, 0.5) is 0 Å². The molecule has 0 spiro atoms. The maximum absolute atomic E-state index is 5.62. The molecule has 0 atom stereocenters. The molecule has 0 saturated carbocycles. The summed E-state index contributed by atoms with van der Waals surface area (Å²) in [6.45, 7) is 5.99. The zero-order valence-electron chi connectivity index (χ0n) is 12.0. The van der Waals surface area contributed by atoms with Crippen molar-refractivity contribution in [1.82, 2.24) is 25.5 Å². The maximum Gasteiger partial charge on any atom is 0.185 e. The van der Waals surface area contributed by atoms with Gasteiger partial charge in [0.1, 0.15) is 6.54 Å². The van der Waals surface area contributed by atoms with E-state index in [4.69, 9.17) is 5.73 Å². The van der Waals surface area contributed by atoms with Gasteiger partial charge in [0.15, 0.2) is 5.82 Å². The van der Waals surface area contributed by atoms with Crippen LogP contribution in [-0.4, -0.2) is 33.3 Å². The summed E-state index contributed by atoms with van der Waals surface area (Å²) in [5, 5.41) is 16.4.